The van der Waals surface area contributed by atoms with Crippen molar-refractivity contribution in [3.05, 3.63) is 24.4 Å². The molecule has 10 nitrogen and oxygen atoms in total. The fraction of sp³-hybridized carbons (Fsp3) is 0.600. The molecule has 5 atom stereocenters. The third-order valence-electron chi connectivity index (χ3n) is 8.74. The second-order valence-corrected chi connectivity index (χ2v) is 11.1. The van der Waals surface area contributed by atoms with E-state index < -0.39 is 0 Å². The molecule has 3 aromatic rings. The summed E-state index contributed by atoms with van der Waals surface area (Å²) >= 11 is 0. The van der Waals surface area contributed by atoms with Crippen LogP contribution in [0.2, 0.25) is 0 Å². The molecule has 0 aromatic carbocycles. The summed E-state index contributed by atoms with van der Waals surface area (Å²) in [7, 11) is 0. The number of hydrogen-bond acceptors (Lipinski definition) is 8. The minimum absolute atomic E-state index is 0. The number of fused-ring (bicyclic) bond motifs is 1. The van der Waals surface area contributed by atoms with Crippen LogP contribution in [0, 0.1) is 17.8 Å². The number of H-pyrrole nitrogens is 1. The van der Waals surface area contributed by atoms with Crippen molar-refractivity contribution in [2.75, 3.05) is 18.4 Å². The number of aromatic amines is 1. The number of anilines is 1. The van der Waals surface area contributed by atoms with Gasteiger partial charge in [0.2, 0.25) is 5.82 Å². The van der Waals surface area contributed by atoms with E-state index in [1.165, 1.54) is 0 Å². The molecule has 1 amide bonds. The van der Waals surface area contributed by atoms with Gasteiger partial charge in [-0.15, -0.1) is 24.8 Å². The standard InChI is InChI=1S/C25H31N7O3.2ClH/c33-20-14-7-13-8-15(20)11-25(9-13,10-14)31-19-17-3-6-27-21(17)28-12-18(19)22-30-24(35-32-22)23(34)29-16-1-4-26-5-2-16;;/h3,6,12-16,20,26,33H,1-2,4-5,7-11H2,(H,29,34)(H2,27,28,31);2*1H/t13?,14-,15+,20?,25?;;. The first-order chi connectivity index (χ1) is 17.1. The van der Waals surface area contributed by atoms with Gasteiger partial charge in [-0.25, -0.2) is 4.98 Å². The van der Waals surface area contributed by atoms with Gasteiger partial charge in [0.1, 0.15) is 5.65 Å². The first-order valence-electron chi connectivity index (χ1n) is 12.8. The molecule has 1 aliphatic heterocycles. The Labute approximate surface area is 227 Å². The Balaban J connectivity index is 0.00000140. The van der Waals surface area contributed by atoms with Gasteiger partial charge >= 0.3 is 11.8 Å². The van der Waals surface area contributed by atoms with Crippen LogP contribution in [0.1, 0.15) is 55.6 Å². The zero-order valence-electron chi connectivity index (χ0n) is 20.4. The lowest BCUT2D eigenvalue weighted by Crippen LogP contribution is -2.60. The Morgan fingerprint density at radius 3 is 2.65 bits per heavy atom. The molecule has 8 rings (SSSR count). The van der Waals surface area contributed by atoms with Crippen molar-refractivity contribution >= 4 is 47.4 Å². The number of amides is 1. The maximum absolute atomic E-state index is 12.8. The number of nitrogens with zero attached hydrogens (tertiary/aromatic N) is 3. The number of carbonyl (C=O) groups excluding carboxylic acids is 1. The van der Waals surface area contributed by atoms with Crippen LogP contribution in [0.4, 0.5) is 5.69 Å². The summed E-state index contributed by atoms with van der Waals surface area (Å²) in [6, 6.07) is 2.12. The third-order valence-corrected chi connectivity index (χ3v) is 8.74. The van der Waals surface area contributed by atoms with Gasteiger partial charge in [-0.05, 0) is 81.9 Å². The molecule has 200 valence electrons. The van der Waals surface area contributed by atoms with E-state index in [-0.39, 0.29) is 54.3 Å². The summed E-state index contributed by atoms with van der Waals surface area (Å²) in [6.45, 7) is 1.78. The number of halogens is 2. The first-order valence-corrected chi connectivity index (χ1v) is 12.8. The average Bonchev–Trinajstić information content (AvgIpc) is 3.53. The molecule has 4 aliphatic carbocycles. The number of aliphatic hydroxyl groups excluding tert-OH is 1. The van der Waals surface area contributed by atoms with Crippen molar-refractivity contribution in [3.8, 4) is 11.4 Å². The van der Waals surface area contributed by atoms with Gasteiger partial charge in [-0.3, -0.25) is 4.79 Å². The summed E-state index contributed by atoms with van der Waals surface area (Å²) in [5.41, 5.74) is 2.36. The number of aliphatic hydroxyl groups is 1. The summed E-state index contributed by atoms with van der Waals surface area (Å²) in [5, 5.41) is 26.1. The van der Waals surface area contributed by atoms with Gasteiger partial charge in [0.15, 0.2) is 0 Å². The van der Waals surface area contributed by atoms with Crippen molar-refractivity contribution in [3.63, 3.8) is 0 Å². The lowest BCUT2D eigenvalue weighted by Gasteiger charge is -2.59. The smallest absolute Gasteiger partial charge is 0.316 e. The van der Waals surface area contributed by atoms with Crippen molar-refractivity contribution in [1.29, 1.82) is 0 Å². The zero-order chi connectivity index (χ0) is 23.6. The minimum atomic E-state index is -0.337. The molecule has 4 heterocycles. The Morgan fingerprint density at radius 1 is 1.14 bits per heavy atom. The van der Waals surface area contributed by atoms with E-state index in [0.29, 0.717) is 23.6 Å². The van der Waals surface area contributed by atoms with Gasteiger partial charge in [0.05, 0.1) is 17.4 Å². The summed E-state index contributed by atoms with van der Waals surface area (Å²) in [5.74, 6) is 1.36. The fourth-order valence-electron chi connectivity index (χ4n) is 7.37. The maximum Gasteiger partial charge on any atom is 0.316 e. The van der Waals surface area contributed by atoms with Gasteiger partial charge in [0.25, 0.3) is 0 Å². The summed E-state index contributed by atoms with van der Waals surface area (Å²) < 4.78 is 5.39. The van der Waals surface area contributed by atoms with Crippen LogP contribution >= 0.6 is 24.8 Å². The molecule has 3 aromatic heterocycles. The molecule has 4 bridgehead atoms. The van der Waals surface area contributed by atoms with Gasteiger partial charge in [-0.1, -0.05) is 5.16 Å². The molecule has 0 radical (unpaired) electrons. The molecule has 5 fully saturated rings. The van der Waals surface area contributed by atoms with Crippen molar-refractivity contribution in [2.24, 2.45) is 17.8 Å². The van der Waals surface area contributed by atoms with Crippen molar-refractivity contribution in [1.82, 2.24) is 30.7 Å². The van der Waals surface area contributed by atoms with E-state index in [0.717, 1.165) is 80.3 Å². The largest absolute Gasteiger partial charge is 0.393 e. The molecule has 5 N–H and O–H groups in total. The topological polar surface area (TPSA) is 141 Å². The van der Waals surface area contributed by atoms with Crippen LogP contribution in [0.3, 0.4) is 0 Å². The molecule has 5 aliphatic rings. The van der Waals surface area contributed by atoms with E-state index in [9.17, 15) is 9.90 Å². The number of rotatable bonds is 5. The van der Waals surface area contributed by atoms with E-state index >= 15 is 0 Å². The lowest BCUT2D eigenvalue weighted by atomic mass is 9.51. The molecular weight excluding hydrogens is 517 g/mol. The molecular formula is C25H33Cl2N7O3. The average molecular weight is 550 g/mol. The highest BCUT2D eigenvalue weighted by Crippen LogP contribution is 2.57. The van der Waals surface area contributed by atoms with E-state index in [1.807, 2.05) is 12.3 Å². The molecule has 12 heteroatoms. The zero-order valence-corrected chi connectivity index (χ0v) is 22.0. The summed E-state index contributed by atoms with van der Waals surface area (Å²) in [4.78, 5) is 25.0. The van der Waals surface area contributed by atoms with Crippen LogP contribution in [0.15, 0.2) is 23.0 Å². The third kappa shape index (κ3) is 4.58. The minimum Gasteiger partial charge on any atom is -0.393 e. The van der Waals surface area contributed by atoms with Crippen LogP contribution in [0.25, 0.3) is 22.4 Å². The van der Waals surface area contributed by atoms with Gasteiger partial charge in [-0.2, -0.15) is 4.98 Å². The number of carbonyl (C=O) groups is 1. The van der Waals surface area contributed by atoms with Crippen LogP contribution < -0.4 is 16.0 Å². The second-order valence-electron chi connectivity index (χ2n) is 11.1. The number of pyridine rings is 1. The molecule has 1 saturated heterocycles. The van der Waals surface area contributed by atoms with Gasteiger partial charge in [0, 0.05) is 29.4 Å². The monoisotopic (exact) mass is 549 g/mol. The Kier molecular flexibility index (Phi) is 7.12. The van der Waals surface area contributed by atoms with Crippen molar-refractivity contribution in [2.45, 2.75) is 62.6 Å². The predicted octanol–water partition coefficient (Wildman–Crippen LogP) is 3.29. The SMILES string of the molecule is Cl.Cl.O=C(NC1CCNCC1)c1nc(-c2cnc3[nH]ccc3c2NC23CC4C[C@H](C2)C(O)[C@@H](C4)C3)no1. The van der Waals surface area contributed by atoms with Crippen LogP contribution in [-0.2, 0) is 0 Å². The van der Waals surface area contributed by atoms with Gasteiger partial charge < -0.3 is 30.6 Å². The highest BCUT2D eigenvalue weighted by Gasteiger charge is 2.55. The molecule has 0 spiro atoms. The highest BCUT2D eigenvalue weighted by molar-refractivity contribution is 5.98. The quantitative estimate of drug-likeness (QED) is 0.326. The highest BCUT2D eigenvalue weighted by atomic mass is 35.5. The number of aromatic nitrogens is 4. The number of nitrogens with one attached hydrogen (secondary N) is 4. The lowest BCUT2D eigenvalue weighted by molar-refractivity contribution is -0.0960. The van der Waals surface area contributed by atoms with E-state index in [2.05, 4.69) is 36.1 Å². The second kappa shape index (κ2) is 10.1. The molecule has 37 heavy (non-hydrogen) atoms. The van der Waals surface area contributed by atoms with Crippen LogP contribution in [0.5, 0.6) is 0 Å². The molecule has 3 unspecified atom stereocenters. The maximum atomic E-state index is 12.8. The number of piperidine rings is 1. The first kappa shape index (κ1) is 26.2. The molecule has 4 saturated carbocycles. The Hall–Kier alpha value is -2.40. The van der Waals surface area contributed by atoms with Crippen molar-refractivity contribution < 1.29 is 14.4 Å². The normalized spacial score (nSPS) is 30.5. The summed E-state index contributed by atoms with van der Waals surface area (Å²) in [6.07, 6.45) is 10.5. The van der Waals surface area contributed by atoms with E-state index in [4.69, 9.17) is 4.52 Å². The Bertz CT molecular complexity index is 1260. The number of hydrogen-bond donors (Lipinski definition) is 5. The van der Waals surface area contributed by atoms with E-state index in [1.54, 1.807) is 6.20 Å². The predicted molar refractivity (Wildman–Crippen MR) is 143 cm³/mol. The fourth-order valence-corrected chi connectivity index (χ4v) is 7.37. The Morgan fingerprint density at radius 2 is 1.89 bits per heavy atom. The van der Waals surface area contributed by atoms with Crippen LogP contribution in [-0.4, -0.2) is 61.9 Å².